The average molecular weight is 156 g/mol. The first kappa shape index (κ1) is 6.91. The Morgan fingerprint density at radius 3 is 1.30 bits per heavy atom. The van der Waals surface area contributed by atoms with Crippen LogP contribution in [0.1, 0.15) is 0 Å². The van der Waals surface area contributed by atoms with Crippen LogP contribution < -0.4 is 0 Å². The van der Waals surface area contributed by atoms with Gasteiger partial charge in [-0.25, -0.2) is 0 Å². The molecule has 6 heteroatoms. The lowest BCUT2D eigenvalue weighted by atomic mass is 10.5. The quantitative estimate of drug-likeness (QED) is 0.395. The van der Waals surface area contributed by atoms with E-state index in [1.54, 1.807) is 0 Å². The van der Waals surface area contributed by atoms with Crippen LogP contribution in [0.4, 0.5) is 17.6 Å². The van der Waals surface area contributed by atoms with E-state index in [0.717, 1.165) is 0 Å². The van der Waals surface area contributed by atoms with Crippen LogP contribution in [0.15, 0.2) is 23.7 Å². The van der Waals surface area contributed by atoms with Gasteiger partial charge >= 0.3 is 12.0 Å². The van der Waals surface area contributed by atoms with Crippen LogP contribution in [-0.2, 0) is 9.78 Å². The maximum Gasteiger partial charge on any atom is 0.363 e. The van der Waals surface area contributed by atoms with E-state index in [1.165, 1.54) is 0 Å². The Labute approximate surface area is 52.3 Å². The molecule has 56 valence electrons. The predicted octanol–water partition coefficient (Wildman–Crippen LogP) is 2.16. The second-order valence-electron chi connectivity index (χ2n) is 1.34. The molecular formula is C4F4O2. The average Bonchev–Trinajstić information content (AvgIpc) is 1.93. The van der Waals surface area contributed by atoms with Crippen LogP contribution in [0, 0.1) is 0 Å². The fourth-order valence-corrected chi connectivity index (χ4v) is 0.319. The van der Waals surface area contributed by atoms with E-state index in [2.05, 4.69) is 9.78 Å². The molecule has 0 unspecified atom stereocenters. The van der Waals surface area contributed by atoms with E-state index in [9.17, 15) is 17.6 Å². The number of hydrogen-bond acceptors (Lipinski definition) is 2. The van der Waals surface area contributed by atoms with Crippen molar-refractivity contribution in [3.8, 4) is 0 Å². The smallest absolute Gasteiger partial charge is 0.252 e. The van der Waals surface area contributed by atoms with E-state index in [4.69, 9.17) is 0 Å². The highest BCUT2D eigenvalue weighted by atomic mass is 19.2. The lowest BCUT2D eigenvalue weighted by Crippen LogP contribution is -2.00. The minimum atomic E-state index is -2.04. The molecule has 0 saturated heterocycles. The van der Waals surface area contributed by atoms with Gasteiger partial charge in [0.2, 0.25) is 11.7 Å². The number of halogens is 4. The van der Waals surface area contributed by atoms with Crippen LogP contribution >= 0.6 is 0 Å². The predicted molar refractivity (Wildman–Crippen MR) is 20.7 cm³/mol. The van der Waals surface area contributed by atoms with Crippen molar-refractivity contribution in [3.63, 3.8) is 0 Å². The van der Waals surface area contributed by atoms with Crippen LogP contribution in [0.25, 0.3) is 0 Å². The topological polar surface area (TPSA) is 18.5 Å². The molecule has 0 atom stereocenters. The summed E-state index contributed by atoms with van der Waals surface area (Å²) >= 11 is 0. The summed E-state index contributed by atoms with van der Waals surface area (Å²) in [6, 6.07) is -3.86. The molecule has 0 aromatic heterocycles. The van der Waals surface area contributed by atoms with Crippen molar-refractivity contribution in [2.24, 2.45) is 0 Å². The van der Waals surface area contributed by atoms with Gasteiger partial charge in [-0.3, -0.25) is 9.78 Å². The molecule has 0 aromatic carbocycles. The first-order valence-corrected chi connectivity index (χ1v) is 2.08. The molecule has 0 fully saturated rings. The molecule has 1 aliphatic heterocycles. The molecule has 0 bridgehead atoms. The summed E-state index contributed by atoms with van der Waals surface area (Å²) in [5.41, 5.74) is 0. The molecule has 0 radical (unpaired) electrons. The van der Waals surface area contributed by atoms with Crippen molar-refractivity contribution in [1.82, 2.24) is 0 Å². The van der Waals surface area contributed by atoms with Gasteiger partial charge in [-0.05, 0) is 0 Å². The minimum absolute atomic E-state index is 1.93. The van der Waals surface area contributed by atoms with E-state index >= 15 is 0 Å². The van der Waals surface area contributed by atoms with Crippen LogP contribution in [0.5, 0.6) is 0 Å². The third-order valence-corrected chi connectivity index (χ3v) is 0.726. The highest BCUT2D eigenvalue weighted by Gasteiger charge is 2.26. The second-order valence-corrected chi connectivity index (χ2v) is 1.34. The molecule has 1 aliphatic rings. The Morgan fingerprint density at radius 2 is 1.00 bits per heavy atom. The monoisotopic (exact) mass is 156 g/mol. The van der Waals surface area contributed by atoms with Gasteiger partial charge in [-0.2, -0.15) is 17.6 Å². The van der Waals surface area contributed by atoms with Crippen molar-refractivity contribution in [3.05, 3.63) is 23.7 Å². The van der Waals surface area contributed by atoms with Gasteiger partial charge in [0.1, 0.15) is 0 Å². The van der Waals surface area contributed by atoms with Crippen LogP contribution in [0.3, 0.4) is 0 Å². The highest BCUT2D eigenvalue weighted by Crippen LogP contribution is 2.29. The van der Waals surface area contributed by atoms with E-state index in [0.29, 0.717) is 0 Å². The summed E-state index contributed by atoms with van der Waals surface area (Å²) in [5.74, 6) is -4.08. The summed E-state index contributed by atoms with van der Waals surface area (Å²) in [4.78, 5) is 6.48. The zero-order valence-electron chi connectivity index (χ0n) is 4.33. The molecule has 0 aromatic rings. The summed E-state index contributed by atoms with van der Waals surface area (Å²) in [7, 11) is 0. The Bertz CT molecular complexity index is 195. The molecule has 1 heterocycles. The normalized spacial score (nSPS) is 18.8. The van der Waals surface area contributed by atoms with Gasteiger partial charge in [0, 0.05) is 0 Å². The Hall–Kier alpha value is -1.20. The standard InChI is InChI=1S/C4F4O2/c5-1-2(6)4(8)10-9-3(1)7. The van der Waals surface area contributed by atoms with E-state index in [-0.39, 0.29) is 0 Å². The van der Waals surface area contributed by atoms with Gasteiger partial charge in [-0.1, -0.05) is 0 Å². The molecule has 0 aliphatic carbocycles. The number of hydrogen-bond donors (Lipinski definition) is 0. The molecule has 0 amide bonds. The third kappa shape index (κ3) is 0.916. The molecule has 10 heavy (non-hydrogen) atoms. The van der Waals surface area contributed by atoms with E-state index in [1.807, 2.05) is 0 Å². The molecular weight excluding hydrogens is 156 g/mol. The fourth-order valence-electron chi connectivity index (χ4n) is 0.319. The zero-order valence-corrected chi connectivity index (χ0v) is 4.33. The van der Waals surface area contributed by atoms with Crippen molar-refractivity contribution in [2.75, 3.05) is 0 Å². The van der Waals surface area contributed by atoms with Crippen molar-refractivity contribution >= 4 is 0 Å². The molecule has 0 saturated carbocycles. The van der Waals surface area contributed by atoms with Gasteiger partial charge < -0.3 is 0 Å². The second kappa shape index (κ2) is 2.20. The maximum atomic E-state index is 11.8. The molecule has 0 N–H and O–H groups in total. The largest absolute Gasteiger partial charge is 0.363 e. The zero-order chi connectivity index (χ0) is 7.72. The van der Waals surface area contributed by atoms with Crippen molar-refractivity contribution in [2.45, 2.75) is 0 Å². The lowest BCUT2D eigenvalue weighted by molar-refractivity contribution is -0.270. The summed E-state index contributed by atoms with van der Waals surface area (Å²) in [6.45, 7) is 0. The Balaban J connectivity index is 3.01. The van der Waals surface area contributed by atoms with Gasteiger partial charge in [0.05, 0.1) is 0 Å². The summed E-state index contributed by atoms with van der Waals surface area (Å²) in [6.07, 6.45) is 0. The Kier molecular flexibility index (Phi) is 1.52. The minimum Gasteiger partial charge on any atom is -0.252 e. The first-order valence-electron chi connectivity index (χ1n) is 2.08. The van der Waals surface area contributed by atoms with Crippen LogP contribution in [0.2, 0.25) is 0 Å². The van der Waals surface area contributed by atoms with Gasteiger partial charge in [0.25, 0.3) is 0 Å². The third-order valence-electron chi connectivity index (χ3n) is 0.726. The maximum absolute atomic E-state index is 11.8. The van der Waals surface area contributed by atoms with Crippen molar-refractivity contribution < 1.29 is 27.3 Å². The molecule has 1 rings (SSSR count). The van der Waals surface area contributed by atoms with Gasteiger partial charge in [0.15, 0.2) is 0 Å². The number of allylic oxidation sites excluding steroid dienone is 2. The van der Waals surface area contributed by atoms with Gasteiger partial charge in [-0.15, -0.1) is 0 Å². The SMILES string of the molecule is FC1=C(F)C(F)=C(F)OO1. The first-order chi connectivity index (χ1) is 4.63. The Morgan fingerprint density at radius 1 is 0.700 bits per heavy atom. The number of rotatable bonds is 0. The van der Waals surface area contributed by atoms with Crippen molar-refractivity contribution in [1.29, 1.82) is 0 Å². The summed E-state index contributed by atoms with van der Waals surface area (Å²) < 4.78 is 47.1. The molecule has 0 spiro atoms. The lowest BCUT2D eigenvalue weighted by Gasteiger charge is -2.06. The molecule has 2 nitrogen and oxygen atoms in total. The summed E-state index contributed by atoms with van der Waals surface area (Å²) in [5, 5.41) is 0. The van der Waals surface area contributed by atoms with Crippen LogP contribution in [-0.4, -0.2) is 0 Å². The van der Waals surface area contributed by atoms with E-state index < -0.39 is 23.7 Å². The fraction of sp³-hybridized carbons (Fsp3) is 0. The highest BCUT2D eigenvalue weighted by molar-refractivity contribution is 5.21.